The molecule has 0 saturated carbocycles. The normalized spacial score (nSPS) is 25.1. The van der Waals surface area contributed by atoms with Gasteiger partial charge in [-0.1, -0.05) is 12.1 Å². The van der Waals surface area contributed by atoms with Crippen molar-refractivity contribution in [2.75, 3.05) is 26.7 Å². The molecule has 0 spiro atoms. The zero-order valence-corrected chi connectivity index (χ0v) is 12.9. The van der Waals surface area contributed by atoms with Crippen LogP contribution in [0.25, 0.3) is 0 Å². The Hall–Kier alpha value is -1.55. The second kappa shape index (κ2) is 6.06. The minimum Gasteiger partial charge on any atom is -0.494 e. The van der Waals surface area contributed by atoms with E-state index in [1.165, 1.54) is 0 Å². The highest BCUT2D eigenvalue weighted by Gasteiger charge is 2.41. The van der Waals surface area contributed by atoms with Gasteiger partial charge in [-0.3, -0.25) is 4.79 Å². The molecule has 4 nitrogen and oxygen atoms in total. The van der Waals surface area contributed by atoms with E-state index in [0.29, 0.717) is 25.1 Å². The van der Waals surface area contributed by atoms with Crippen molar-refractivity contribution in [1.29, 1.82) is 0 Å². The van der Waals surface area contributed by atoms with Crippen molar-refractivity contribution < 1.29 is 9.53 Å². The number of benzene rings is 1. The fourth-order valence-corrected chi connectivity index (χ4v) is 3.66. The largest absolute Gasteiger partial charge is 0.494 e. The Morgan fingerprint density at radius 3 is 2.38 bits per heavy atom. The van der Waals surface area contributed by atoms with Crippen LogP contribution in [-0.4, -0.2) is 54.5 Å². The number of ether oxygens (including phenoxy) is 1. The summed E-state index contributed by atoms with van der Waals surface area (Å²) in [4.78, 5) is 17.1. The van der Waals surface area contributed by atoms with E-state index in [4.69, 9.17) is 4.74 Å². The first-order valence-corrected chi connectivity index (χ1v) is 7.89. The summed E-state index contributed by atoms with van der Waals surface area (Å²) in [5, 5.41) is 0. The fourth-order valence-electron chi connectivity index (χ4n) is 3.66. The van der Waals surface area contributed by atoms with Crippen molar-refractivity contribution in [3.63, 3.8) is 0 Å². The number of hydrogen-bond acceptors (Lipinski definition) is 3. The summed E-state index contributed by atoms with van der Waals surface area (Å²) in [5.41, 5.74) is 1.07. The molecular weight excluding hydrogens is 264 g/mol. The molecule has 0 N–H and O–H groups in total. The van der Waals surface area contributed by atoms with Gasteiger partial charge in [-0.25, -0.2) is 0 Å². The molecule has 2 atom stereocenters. The van der Waals surface area contributed by atoms with E-state index in [2.05, 4.69) is 16.8 Å². The first kappa shape index (κ1) is 14.4. The van der Waals surface area contributed by atoms with Gasteiger partial charge in [0.15, 0.2) is 0 Å². The lowest BCUT2D eigenvalue weighted by Crippen LogP contribution is -2.54. The number of carbonyl (C=O) groups is 1. The number of fused-ring (bicyclic) bond motifs is 2. The maximum Gasteiger partial charge on any atom is 0.227 e. The number of carbonyl (C=O) groups excluding carboxylic acids is 1. The summed E-state index contributed by atoms with van der Waals surface area (Å²) in [6.45, 7) is 4.68. The molecule has 2 saturated heterocycles. The van der Waals surface area contributed by atoms with Gasteiger partial charge in [-0.05, 0) is 44.5 Å². The number of rotatable bonds is 4. The zero-order chi connectivity index (χ0) is 14.8. The minimum absolute atomic E-state index is 0.278. The monoisotopic (exact) mass is 288 g/mol. The fraction of sp³-hybridized carbons (Fsp3) is 0.588. The standard InChI is InChI=1S/C17H24N2O2/c1-3-21-16-8-4-13(5-9-16)10-17(20)19-14-6-7-15(19)12-18(2)11-14/h4-5,8-9,14-15H,3,6-7,10-12H2,1-2H3/t14-,15+. The summed E-state index contributed by atoms with van der Waals surface area (Å²) in [6, 6.07) is 8.74. The predicted molar refractivity (Wildman–Crippen MR) is 82.5 cm³/mol. The Morgan fingerprint density at radius 1 is 1.19 bits per heavy atom. The smallest absolute Gasteiger partial charge is 0.227 e. The van der Waals surface area contributed by atoms with Crippen molar-refractivity contribution in [1.82, 2.24) is 9.80 Å². The molecule has 2 aliphatic rings. The van der Waals surface area contributed by atoms with Gasteiger partial charge < -0.3 is 14.5 Å². The number of piperazine rings is 1. The number of amides is 1. The molecule has 0 radical (unpaired) electrons. The molecule has 21 heavy (non-hydrogen) atoms. The van der Waals surface area contributed by atoms with E-state index in [-0.39, 0.29) is 5.91 Å². The van der Waals surface area contributed by atoms with Crippen molar-refractivity contribution in [3.05, 3.63) is 29.8 Å². The molecule has 0 unspecified atom stereocenters. The maximum absolute atomic E-state index is 12.6. The van der Waals surface area contributed by atoms with Gasteiger partial charge in [0.25, 0.3) is 0 Å². The Labute approximate surface area is 126 Å². The SMILES string of the molecule is CCOc1ccc(CC(=O)N2[C@@H]3CC[C@H]2CN(C)C3)cc1. The third-order valence-electron chi connectivity index (χ3n) is 4.54. The van der Waals surface area contributed by atoms with Crippen molar-refractivity contribution in [3.8, 4) is 5.75 Å². The molecule has 0 aromatic heterocycles. The minimum atomic E-state index is 0.278. The lowest BCUT2D eigenvalue weighted by molar-refractivity contribution is -0.135. The highest BCUT2D eigenvalue weighted by atomic mass is 16.5. The van der Waals surface area contributed by atoms with E-state index < -0.39 is 0 Å². The van der Waals surface area contributed by atoms with Gasteiger partial charge >= 0.3 is 0 Å². The van der Waals surface area contributed by atoms with Gasteiger partial charge in [-0.15, -0.1) is 0 Å². The van der Waals surface area contributed by atoms with Crippen molar-refractivity contribution in [2.45, 2.75) is 38.3 Å². The zero-order valence-electron chi connectivity index (χ0n) is 12.9. The molecule has 2 aliphatic heterocycles. The first-order valence-electron chi connectivity index (χ1n) is 7.89. The molecule has 1 aromatic rings. The van der Waals surface area contributed by atoms with Crippen LogP contribution in [0.3, 0.4) is 0 Å². The number of hydrogen-bond donors (Lipinski definition) is 0. The van der Waals surface area contributed by atoms with Crippen LogP contribution in [0.5, 0.6) is 5.75 Å². The van der Waals surface area contributed by atoms with Crippen LogP contribution in [0.1, 0.15) is 25.3 Å². The van der Waals surface area contributed by atoms with E-state index in [0.717, 1.165) is 37.2 Å². The highest BCUT2D eigenvalue weighted by molar-refractivity contribution is 5.80. The van der Waals surface area contributed by atoms with E-state index in [1.807, 2.05) is 31.2 Å². The molecule has 2 fully saturated rings. The van der Waals surface area contributed by atoms with Crippen molar-refractivity contribution >= 4 is 5.91 Å². The van der Waals surface area contributed by atoms with E-state index in [9.17, 15) is 4.79 Å². The molecule has 4 heteroatoms. The van der Waals surface area contributed by atoms with E-state index >= 15 is 0 Å². The van der Waals surface area contributed by atoms with Gasteiger partial charge in [0.1, 0.15) is 5.75 Å². The van der Waals surface area contributed by atoms with E-state index in [1.54, 1.807) is 0 Å². The third-order valence-corrected chi connectivity index (χ3v) is 4.54. The van der Waals surface area contributed by atoms with Crippen LogP contribution in [0.4, 0.5) is 0 Å². The Bertz CT molecular complexity index is 486. The topological polar surface area (TPSA) is 32.8 Å². The molecule has 2 heterocycles. The number of likely N-dealkylation sites (tertiary alicyclic amines) is 1. The second-order valence-corrected chi connectivity index (χ2v) is 6.16. The van der Waals surface area contributed by atoms with Crippen LogP contribution in [0, 0.1) is 0 Å². The quantitative estimate of drug-likeness (QED) is 0.849. The van der Waals surface area contributed by atoms with Crippen LogP contribution in [-0.2, 0) is 11.2 Å². The Morgan fingerprint density at radius 2 is 1.81 bits per heavy atom. The summed E-state index contributed by atoms with van der Waals surface area (Å²) in [5.74, 6) is 1.15. The lowest BCUT2D eigenvalue weighted by atomic mass is 10.1. The van der Waals surface area contributed by atoms with Crippen molar-refractivity contribution in [2.24, 2.45) is 0 Å². The van der Waals surface area contributed by atoms with Gasteiger partial charge in [0, 0.05) is 25.2 Å². The summed E-state index contributed by atoms with van der Waals surface area (Å²) in [6.07, 6.45) is 2.82. The van der Waals surface area contributed by atoms with Crippen LogP contribution >= 0.6 is 0 Å². The predicted octanol–water partition coefficient (Wildman–Crippen LogP) is 1.93. The number of likely N-dealkylation sites (N-methyl/N-ethyl adjacent to an activating group) is 1. The molecular formula is C17H24N2O2. The van der Waals surface area contributed by atoms with Gasteiger partial charge in [0.05, 0.1) is 13.0 Å². The summed E-state index contributed by atoms with van der Waals surface area (Å²) in [7, 11) is 2.15. The maximum atomic E-state index is 12.6. The van der Waals surface area contributed by atoms with Crippen LogP contribution in [0.2, 0.25) is 0 Å². The Balaban J connectivity index is 1.64. The first-order chi connectivity index (χ1) is 10.2. The molecule has 3 rings (SSSR count). The molecule has 0 aliphatic carbocycles. The molecule has 114 valence electrons. The second-order valence-electron chi connectivity index (χ2n) is 6.16. The lowest BCUT2D eigenvalue weighted by Gasteiger charge is -2.39. The Kier molecular flexibility index (Phi) is 4.15. The number of nitrogens with zero attached hydrogens (tertiary/aromatic N) is 2. The summed E-state index contributed by atoms with van der Waals surface area (Å²) < 4.78 is 5.44. The van der Waals surface area contributed by atoms with Gasteiger partial charge in [0.2, 0.25) is 5.91 Å². The molecule has 1 aromatic carbocycles. The average Bonchev–Trinajstić information content (AvgIpc) is 2.74. The molecule has 1 amide bonds. The summed E-state index contributed by atoms with van der Waals surface area (Å²) >= 11 is 0. The highest BCUT2D eigenvalue weighted by Crippen LogP contribution is 2.30. The average molecular weight is 288 g/mol. The third kappa shape index (κ3) is 3.05. The van der Waals surface area contributed by atoms with Crippen LogP contribution < -0.4 is 4.74 Å². The molecule has 2 bridgehead atoms. The van der Waals surface area contributed by atoms with Crippen LogP contribution in [0.15, 0.2) is 24.3 Å². The van der Waals surface area contributed by atoms with Gasteiger partial charge in [-0.2, -0.15) is 0 Å².